The Morgan fingerprint density at radius 2 is 1.12 bits per heavy atom. The molecule has 2 amide bonds. The van der Waals surface area contributed by atoms with Gasteiger partial charge in [0.15, 0.2) is 9.84 Å². The summed E-state index contributed by atoms with van der Waals surface area (Å²) >= 11 is 8.26. The number of sulfone groups is 1. The van der Waals surface area contributed by atoms with Gasteiger partial charge in [-0.05, 0) is 17.5 Å². The molecule has 0 spiro atoms. The van der Waals surface area contributed by atoms with Gasteiger partial charge < -0.3 is 10.6 Å². The van der Waals surface area contributed by atoms with Crippen LogP contribution in [0.25, 0.3) is 0 Å². The molecule has 0 saturated carbocycles. The van der Waals surface area contributed by atoms with E-state index in [0.717, 1.165) is 0 Å². The summed E-state index contributed by atoms with van der Waals surface area (Å²) in [5.74, 6) is -1.69. The maximum atomic E-state index is 14.1. The lowest BCUT2D eigenvalue weighted by atomic mass is 9.83. The summed E-state index contributed by atoms with van der Waals surface area (Å²) in [5.41, 5.74) is 1.10. The van der Waals surface area contributed by atoms with Gasteiger partial charge >= 0.3 is 0 Å². The van der Waals surface area contributed by atoms with Crippen LogP contribution in [0.4, 0.5) is 0 Å². The van der Waals surface area contributed by atoms with Crippen molar-refractivity contribution in [3.8, 4) is 0 Å². The number of hydrogen-bond donors (Lipinski definition) is 4. The summed E-state index contributed by atoms with van der Waals surface area (Å²) in [6.45, 7) is 0.636. The lowest BCUT2D eigenvalue weighted by Crippen LogP contribution is -2.49. The largest absolute Gasteiger partial charge is 0.355 e. The van der Waals surface area contributed by atoms with Crippen molar-refractivity contribution < 1.29 is 18.0 Å². The molecule has 172 valence electrons. The van der Waals surface area contributed by atoms with Crippen molar-refractivity contribution >= 4 is 46.9 Å². The van der Waals surface area contributed by atoms with E-state index in [-0.39, 0.29) is 18.2 Å². The molecule has 1 aliphatic rings. The summed E-state index contributed by atoms with van der Waals surface area (Å²) in [6.07, 6.45) is 0.120. The molecule has 4 atom stereocenters. The van der Waals surface area contributed by atoms with Gasteiger partial charge in [0.05, 0.1) is 22.3 Å². The first-order valence-electron chi connectivity index (χ1n) is 10.5. The predicted molar refractivity (Wildman–Crippen MR) is 133 cm³/mol. The number of carbonyl (C=O) groups is 2. The molecule has 6 nitrogen and oxygen atoms in total. The van der Waals surface area contributed by atoms with Crippen LogP contribution in [0.15, 0.2) is 60.7 Å². The van der Waals surface area contributed by atoms with E-state index in [9.17, 15) is 18.0 Å². The van der Waals surface area contributed by atoms with Gasteiger partial charge in [-0.25, -0.2) is 8.42 Å². The van der Waals surface area contributed by atoms with Crippen LogP contribution < -0.4 is 10.6 Å². The second-order valence-corrected chi connectivity index (χ2v) is 10.8. The first-order valence-corrected chi connectivity index (χ1v) is 13.4. The molecule has 2 N–H and O–H groups in total. The van der Waals surface area contributed by atoms with Gasteiger partial charge in [-0.1, -0.05) is 60.7 Å². The number of rotatable bonds is 8. The standard InChI is InChI=1S/C23H28N2O4S3/c26-22(24-11-13-30)18-15-19(23(27)25-12-14-31)21(17-9-5-2-6-10-17)32(28,29)20(18)16-7-3-1-4-8-16/h1-10,18-21,30-31H,11-15H2,(H,24,26)(H,25,27). The van der Waals surface area contributed by atoms with Gasteiger partial charge in [-0.15, -0.1) is 0 Å². The minimum absolute atomic E-state index is 0.120. The Labute approximate surface area is 200 Å². The van der Waals surface area contributed by atoms with Crippen LogP contribution in [-0.2, 0) is 19.4 Å². The molecule has 9 heteroatoms. The molecule has 2 aromatic carbocycles. The van der Waals surface area contributed by atoms with E-state index < -0.39 is 32.2 Å². The lowest BCUT2D eigenvalue weighted by molar-refractivity contribution is -0.129. The highest BCUT2D eigenvalue weighted by Gasteiger charge is 2.54. The fourth-order valence-corrected chi connectivity index (χ4v) is 7.37. The molecule has 0 aromatic heterocycles. The molecular formula is C23H28N2O4S3. The van der Waals surface area contributed by atoms with Crippen LogP contribution in [-0.4, -0.2) is 44.8 Å². The average Bonchev–Trinajstić information content (AvgIpc) is 2.80. The molecule has 0 radical (unpaired) electrons. The number of nitrogens with one attached hydrogen (secondary N) is 2. The van der Waals surface area contributed by atoms with Gasteiger partial charge in [0, 0.05) is 24.6 Å². The number of carbonyl (C=O) groups excluding carboxylic acids is 2. The molecule has 1 fully saturated rings. The van der Waals surface area contributed by atoms with Crippen molar-refractivity contribution in [3.63, 3.8) is 0 Å². The van der Waals surface area contributed by atoms with Crippen molar-refractivity contribution in [2.24, 2.45) is 11.8 Å². The SMILES string of the molecule is O=C(NCCS)C1CC(C(=O)NCCS)C(c2ccccc2)S(=O)(=O)C1c1ccccc1. The van der Waals surface area contributed by atoms with Crippen LogP contribution in [0, 0.1) is 11.8 Å². The van der Waals surface area contributed by atoms with E-state index in [2.05, 4.69) is 35.9 Å². The predicted octanol–water partition coefficient (Wildman–Crippen LogP) is 2.61. The minimum Gasteiger partial charge on any atom is -0.355 e. The van der Waals surface area contributed by atoms with E-state index in [1.165, 1.54) is 0 Å². The Bertz CT molecular complexity index is 941. The normalized spacial score (nSPS) is 24.4. The van der Waals surface area contributed by atoms with Crippen LogP contribution in [0.2, 0.25) is 0 Å². The molecule has 1 heterocycles. The molecule has 3 rings (SSSR count). The Morgan fingerprint density at radius 1 is 0.750 bits per heavy atom. The topological polar surface area (TPSA) is 92.3 Å². The van der Waals surface area contributed by atoms with Gasteiger partial charge in [-0.2, -0.15) is 25.3 Å². The summed E-state index contributed by atoms with van der Waals surface area (Å²) in [6, 6.07) is 17.6. The van der Waals surface area contributed by atoms with Crippen molar-refractivity contribution in [1.82, 2.24) is 10.6 Å². The molecule has 0 aliphatic carbocycles. The summed E-state index contributed by atoms with van der Waals surface area (Å²) in [5, 5.41) is 3.44. The second kappa shape index (κ2) is 11.2. The fourth-order valence-electron chi connectivity index (χ4n) is 4.38. The Balaban J connectivity index is 2.13. The van der Waals surface area contributed by atoms with Crippen molar-refractivity contribution in [1.29, 1.82) is 0 Å². The molecule has 32 heavy (non-hydrogen) atoms. The van der Waals surface area contributed by atoms with Gasteiger partial charge in [0.2, 0.25) is 11.8 Å². The van der Waals surface area contributed by atoms with E-state index in [1.54, 1.807) is 60.7 Å². The maximum absolute atomic E-state index is 14.1. The highest BCUT2D eigenvalue weighted by atomic mass is 32.2. The van der Waals surface area contributed by atoms with E-state index >= 15 is 0 Å². The zero-order chi connectivity index (χ0) is 23.1. The Hall–Kier alpha value is -1.97. The highest BCUT2D eigenvalue weighted by Crippen LogP contribution is 2.50. The van der Waals surface area contributed by atoms with Crippen molar-refractivity contribution in [3.05, 3.63) is 71.8 Å². The van der Waals surface area contributed by atoms with Crippen molar-refractivity contribution in [2.45, 2.75) is 16.9 Å². The summed E-state index contributed by atoms with van der Waals surface area (Å²) < 4.78 is 28.2. The van der Waals surface area contributed by atoms with E-state index in [1.807, 2.05) is 0 Å². The molecule has 0 bridgehead atoms. The van der Waals surface area contributed by atoms with Crippen LogP contribution in [0.5, 0.6) is 0 Å². The van der Waals surface area contributed by atoms with Gasteiger partial charge in [-0.3, -0.25) is 9.59 Å². The third-order valence-electron chi connectivity index (χ3n) is 5.70. The number of benzene rings is 2. The number of hydrogen-bond acceptors (Lipinski definition) is 6. The minimum atomic E-state index is -3.97. The van der Waals surface area contributed by atoms with Gasteiger partial charge in [0.1, 0.15) is 0 Å². The monoisotopic (exact) mass is 492 g/mol. The third kappa shape index (κ3) is 5.32. The van der Waals surface area contributed by atoms with Crippen LogP contribution in [0.3, 0.4) is 0 Å². The molecule has 4 unspecified atom stereocenters. The quantitative estimate of drug-likeness (QED) is 0.426. The first kappa shape index (κ1) is 24.7. The summed E-state index contributed by atoms with van der Waals surface area (Å²) in [4.78, 5) is 26.2. The van der Waals surface area contributed by atoms with E-state index in [4.69, 9.17) is 0 Å². The smallest absolute Gasteiger partial charge is 0.224 e. The molecular weight excluding hydrogens is 464 g/mol. The summed E-state index contributed by atoms with van der Waals surface area (Å²) in [7, 11) is -3.97. The molecule has 2 aromatic rings. The van der Waals surface area contributed by atoms with E-state index in [0.29, 0.717) is 35.7 Å². The zero-order valence-corrected chi connectivity index (χ0v) is 20.2. The zero-order valence-electron chi connectivity index (χ0n) is 17.6. The second-order valence-electron chi connectivity index (χ2n) is 7.73. The fraction of sp³-hybridized carbons (Fsp3) is 0.391. The van der Waals surface area contributed by atoms with Crippen LogP contribution >= 0.6 is 25.3 Å². The average molecular weight is 493 g/mol. The molecule has 1 aliphatic heterocycles. The van der Waals surface area contributed by atoms with Crippen molar-refractivity contribution in [2.75, 3.05) is 24.6 Å². The Morgan fingerprint density at radius 3 is 1.47 bits per heavy atom. The Kier molecular flexibility index (Phi) is 8.67. The van der Waals surface area contributed by atoms with Gasteiger partial charge in [0.25, 0.3) is 0 Å². The number of amides is 2. The number of thiol groups is 2. The maximum Gasteiger partial charge on any atom is 0.224 e. The third-order valence-corrected chi connectivity index (χ3v) is 8.76. The molecule has 1 saturated heterocycles. The first-order chi connectivity index (χ1) is 15.4. The lowest BCUT2D eigenvalue weighted by Gasteiger charge is -2.40. The highest BCUT2D eigenvalue weighted by molar-refractivity contribution is 7.92. The van der Waals surface area contributed by atoms with Crippen LogP contribution in [0.1, 0.15) is 28.0 Å².